The van der Waals surface area contributed by atoms with E-state index in [1.54, 1.807) is 11.3 Å². The third-order valence-corrected chi connectivity index (χ3v) is 4.71. The average molecular weight is 304 g/mol. The molecule has 114 valence electrons. The summed E-state index contributed by atoms with van der Waals surface area (Å²) in [7, 11) is 0. The summed E-state index contributed by atoms with van der Waals surface area (Å²) in [6.45, 7) is 9.00. The predicted molar refractivity (Wildman–Crippen MR) is 88.8 cm³/mol. The third kappa shape index (κ3) is 4.37. The lowest BCUT2D eigenvalue weighted by molar-refractivity contribution is 0.170. The number of benzene rings is 1. The molecule has 2 rings (SSSR count). The maximum atomic E-state index is 10.3. The lowest BCUT2D eigenvalue weighted by Crippen LogP contribution is -2.24. The molecule has 1 aromatic heterocycles. The van der Waals surface area contributed by atoms with Crippen LogP contribution in [0.1, 0.15) is 59.8 Å². The fourth-order valence-corrected chi connectivity index (χ4v) is 2.97. The van der Waals surface area contributed by atoms with E-state index in [2.05, 4.69) is 50.1 Å². The average Bonchev–Trinajstić information content (AvgIpc) is 2.91. The van der Waals surface area contributed by atoms with Gasteiger partial charge in [0, 0.05) is 17.6 Å². The molecular weight excluding hydrogens is 280 g/mol. The molecule has 1 heterocycles. The normalized spacial score (nSPS) is 14.4. The molecule has 0 saturated carbocycles. The summed E-state index contributed by atoms with van der Waals surface area (Å²) in [6, 6.07) is 8.38. The van der Waals surface area contributed by atoms with E-state index in [1.807, 2.05) is 18.3 Å². The number of aliphatic hydroxyl groups is 1. The largest absolute Gasteiger partial charge is 0.387 e. The van der Waals surface area contributed by atoms with Crippen LogP contribution >= 0.6 is 11.3 Å². The molecule has 0 spiro atoms. The van der Waals surface area contributed by atoms with E-state index < -0.39 is 6.10 Å². The van der Waals surface area contributed by atoms with Gasteiger partial charge < -0.3 is 10.4 Å². The molecule has 0 saturated heterocycles. The van der Waals surface area contributed by atoms with Crippen molar-refractivity contribution in [3.63, 3.8) is 0 Å². The molecule has 0 bridgehead atoms. The van der Waals surface area contributed by atoms with Gasteiger partial charge in [0.15, 0.2) is 0 Å². The number of nitrogens with zero attached hydrogens (tertiary/aromatic N) is 1. The van der Waals surface area contributed by atoms with Crippen LogP contribution in [0.15, 0.2) is 30.5 Å². The number of aryl methyl sites for hydroxylation is 1. The van der Waals surface area contributed by atoms with Crippen molar-refractivity contribution in [2.45, 2.75) is 45.8 Å². The Balaban J connectivity index is 1.90. The number of hydrogen-bond donors (Lipinski definition) is 2. The van der Waals surface area contributed by atoms with Crippen LogP contribution in [0.25, 0.3) is 0 Å². The number of aliphatic hydroxyl groups excluding tert-OH is 1. The highest BCUT2D eigenvalue weighted by molar-refractivity contribution is 7.11. The Morgan fingerprint density at radius 3 is 2.29 bits per heavy atom. The van der Waals surface area contributed by atoms with Gasteiger partial charge in [0.25, 0.3) is 0 Å². The van der Waals surface area contributed by atoms with Crippen LogP contribution in [0.2, 0.25) is 0 Å². The zero-order chi connectivity index (χ0) is 15.4. The Hall–Kier alpha value is -1.23. The van der Waals surface area contributed by atoms with E-state index in [0.717, 1.165) is 10.6 Å². The van der Waals surface area contributed by atoms with Gasteiger partial charge in [-0.05, 0) is 30.9 Å². The number of aromatic nitrogens is 1. The predicted octanol–water partition coefficient (Wildman–Crippen LogP) is 3.96. The van der Waals surface area contributed by atoms with Crippen LogP contribution in [-0.4, -0.2) is 16.6 Å². The third-order valence-electron chi connectivity index (χ3n) is 3.61. The minimum atomic E-state index is -0.491. The highest BCUT2D eigenvalue weighted by Gasteiger charge is 2.13. The molecule has 1 aromatic carbocycles. The lowest BCUT2D eigenvalue weighted by Gasteiger charge is -2.16. The summed E-state index contributed by atoms with van der Waals surface area (Å²) in [4.78, 5) is 5.58. The van der Waals surface area contributed by atoms with Crippen LogP contribution in [0, 0.1) is 6.92 Å². The van der Waals surface area contributed by atoms with Gasteiger partial charge in [-0.3, -0.25) is 0 Å². The Kier molecular flexibility index (Phi) is 5.51. The van der Waals surface area contributed by atoms with E-state index in [1.165, 1.54) is 10.4 Å². The van der Waals surface area contributed by atoms with Gasteiger partial charge in [0.1, 0.15) is 5.01 Å². The summed E-state index contributed by atoms with van der Waals surface area (Å²) < 4.78 is 0. The summed E-state index contributed by atoms with van der Waals surface area (Å²) in [5.41, 5.74) is 2.25. The molecule has 0 fully saturated rings. The van der Waals surface area contributed by atoms with Crippen LogP contribution in [-0.2, 0) is 0 Å². The first kappa shape index (κ1) is 16.1. The summed E-state index contributed by atoms with van der Waals surface area (Å²) >= 11 is 1.69. The first-order valence-electron chi connectivity index (χ1n) is 7.41. The van der Waals surface area contributed by atoms with Crippen LogP contribution in [0.4, 0.5) is 0 Å². The Morgan fingerprint density at radius 2 is 1.76 bits per heavy atom. The first-order valence-corrected chi connectivity index (χ1v) is 8.22. The van der Waals surface area contributed by atoms with Gasteiger partial charge in [-0.25, -0.2) is 4.98 Å². The molecule has 3 nitrogen and oxygen atoms in total. The topological polar surface area (TPSA) is 45.2 Å². The molecule has 0 amide bonds. The molecule has 0 aliphatic rings. The number of thiazole rings is 1. The lowest BCUT2D eigenvalue weighted by atomic mass is 10.00. The van der Waals surface area contributed by atoms with Crippen molar-refractivity contribution in [1.29, 1.82) is 0 Å². The second kappa shape index (κ2) is 7.16. The van der Waals surface area contributed by atoms with Crippen molar-refractivity contribution < 1.29 is 5.11 Å². The van der Waals surface area contributed by atoms with E-state index >= 15 is 0 Å². The highest BCUT2D eigenvalue weighted by Crippen LogP contribution is 2.21. The minimum Gasteiger partial charge on any atom is -0.387 e. The maximum absolute atomic E-state index is 10.3. The van der Waals surface area contributed by atoms with Gasteiger partial charge >= 0.3 is 0 Å². The first-order chi connectivity index (χ1) is 9.97. The molecular formula is C17H24N2OS. The maximum Gasteiger partial charge on any atom is 0.109 e. The number of rotatable bonds is 6. The van der Waals surface area contributed by atoms with E-state index in [-0.39, 0.29) is 6.04 Å². The fourth-order valence-electron chi connectivity index (χ4n) is 2.17. The van der Waals surface area contributed by atoms with Crippen molar-refractivity contribution >= 4 is 11.3 Å². The molecule has 0 aliphatic heterocycles. The highest BCUT2D eigenvalue weighted by atomic mass is 32.1. The standard InChI is InChI=1S/C17H24N2OS/c1-11(2)14-5-7-15(8-6-14)16(20)10-18-13(4)17-19-9-12(3)21-17/h5-9,11,13,16,18,20H,10H2,1-4H3. The van der Waals surface area contributed by atoms with Gasteiger partial charge in [0.05, 0.1) is 12.1 Å². The zero-order valence-corrected chi connectivity index (χ0v) is 13.9. The Labute approximate surface area is 131 Å². The molecule has 4 heteroatoms. The van der Waals surface area contributed by atoms with Crippen molar-refractivity contribution in [1.82, 2.24) is 10.3 Å². The minimum absolute atomic E-state index is 0.160. The number of hydrogen-bond acceptors (Lipinski definition) is 4. The smallest absolute Gasteiger partial charge is 0.109 e. The molecule has 2 N–H and O–H groups in total. The molecule has 0 radical (unpaired) electrons. The van der Waals surface area contributed by atoms with Crippen molar-refractivity contribution in [2.24, 2.45) is 0 Å². The quantitative estimate of drug-likeness (QED) is 0.849. The molecule has 0 aliphatic carbocycles. The molecule has 2 atom stereocenters. The van der Waals surface area contributed by atoms with Gasteiger partial charge in [0.2, 0.25) is 0 Å². The van der Waals surface area contributed by atoms with Gasteiger partial charge in [-0.2, -0.15) is 0 Å². The second-order valence-electron chi connectivity index (χ2n) is 5.78. The van der Waals surface area contributed by atoms with E-state index in [0.29, 0.717) is 12.5 Å². The van der Waals surface area contributed by atoms with Crippen LogP contribution in [0.5, 0.6) is 0 Å². The number of nitrogens with one attached hydrogen (secondary N) is 1. The SMILES string of the molecule is Cc1cnc(C(C)NCC(O)c2ccc(C(C)C)cc2)s1. The Morgan fingerprint density at radius 1 is 1.14 bits per heavy atom. The second-order valence-corrected chi connectivity index (χ2v) is 7.04. The van der Waals surface area contributed by atoms with Crippen molar-refractivity contribution in [3.05, 3.63) is 51.5 Å². The van der Waals surface area contributed by atoms with Crippen molar-refractivity contribution in [3.8, 4) is 0 Å². The van der Waals surface area contributed by atoms with Gasteiger partial charge in [-0.15, -0.1) is 11.3 Å². The van der Waals surface area contributed by atoms with Crippen LogP contribution in [0.3, 0.4) is 0 Å². The molecule has 2 aromatic rings. The van der Waals surface area contributed by atoms with Crippen LogP contribution < -0.4 is 5.32 Å². The zero-order valence-electron chi connectivity index (χ0n) is 13.1. The summed E-state index contributed by atoms with van der Waals surface area (Å²) in [5, 5.41) is 14.7. The van der Waals surface area contributed by atoms with Crippen molar-refractivity contribution in [2.75, 3.05) is 6.54 Å². The molecule has 2 unspecified atom stereocenters. The summed E-state index contributed by atoms with van der Waals surface area (Å²) in [6.07, 6.45) is 1.40. The molecule has 21 heavy (non-hydrogen) atoms. The van der Waals surface area contributed by atoms with E-state index in [9.17, 15) is 5.11 Å². The van der Waals surface area contributed by atoms with E-state index in [4.69, 9.17) is 0 Å². The monoisotopic (exact) mass is 304 g/mol. The fraction of sp³-hybridized carbons (Fsp3) is 0.471. The Bertz CT molecular complexity index is 562. The summed E-state index contributed by atoms with van der Waals surface area (Å²) in [5.74, 6) is 0.516. The van der Waals surface area contributed by atoms with Gasteiger partial charge in [-0.1, -0.05) is 38.1 Å².